The SMILES string of the molecule is Cc1ccc2c(NC(=O)c3cnc(OC4CCOC4)c(Cl)c3)cccc2n1. The molecular formula is C20H18ClN3O3. The fraction of sp³-hybridized carbons (Fsp3) is 0.250. The number of ether oxygens (including phenoxy) is 2. The third kappa shape index (κ3) is 3.86. The van der Waals surface area contributed by atoms with Crippen LogP contribution in [-0.4, -0.2) is 35.2 Å². The summed E-state index contributed by atoms with van der Waals surface area (Å²) in [6.45, 7) is 3.12. The standard InChI is InChI=1S/C20H18ClN3O3/c1-12-5-6-15-17(23-12)3-2-4-18(15)24-19(25)13-9-16(21)20(22-10-13)27-14-7-8-26-11-14/h2-6,9-10,14H,7-8,11H2,1H3,(H,24,25). The van der Waals surface area contributed by atoms with Crippen LogP contribution in [-0.2, 0) is 4.74 Å². The maximum atomic E-state index is 12.6. The first-order chi connectivity index (χ1) is 13.1. The number of rotatable bonds is 4. The molecule has 4 rings (SSSR count). The van der Waals surface area contributed by atoms with E-state index in [-0.39, 0.29) is 12.0 Å². The summed E-state index contributed by atoms with van der Waals surface area (Å²) in [4.78, 5) is 21.3. The highest BCUT2D eigenvalue weighted by molar-refractivity contribution is 6.32. The summed E-state index contributed by atoms with van der Waals surface area (Å²) in [5.41, 5.74) is 2.79. The summed E-state index contributed by atoms with van der Waals surface area (Å²) in [7, 11) is 0. The van der Waals surface area contributed by atoms with Gasteiger partial charge in [0.15, 0.2) is 0 Å². The second kappa shape index (κ2) is 7.50. The predicted octanol–water partition coefficient (Wildman–Crippen LogP) is 4.01. The van der Waals surface area contributed by atoms with E-state index in [0.29, 0.717) is 35.4 Å². The highest BCUT2D eigenvalue weighted by Crippen LogP contribution is 2.27. The Morgan fingerprint density at radius 3 is 3.00 bits per heavy atom. The molecule has 1 aliphatic rings. The van der Waals surface area contributed by atoms with Gasteiger partial charge in [-0.05, 0) is 37.3 Å². The first-order valence-electron chi connectivity index (χ1n) is 8.68. The van der Waals surface area contributed by atoms with Gasteiger partial charge < -0.3 is 14.8 Å². The zero-order valence-corrected chi connectivity index (χ0v) is 15.5. The lowest BCUT2D eigenvalue weighted by atomic mass is 10.1. The number of halogens is 1. The lowest BCUT2D eigenvalue weighted by molar-refractivity contribution is 0.102. The van der Waals surface area contributed by atoms with Gasteiger partial charge in [-0.25, -0.2) is 4.98 Å². The molecule has 1 aromatic carbocycles. The Labute approximate surface area is 161 Å². The summed E-state index contributed by atoms with van der Waals surface area (Å²) < 4.78 is 11.0. The molecule has 3 aromatic rings. The number of carbonyl (C=O) groups is 1. The molecule has 1 unspecified atom stereocenters. The summed E-state index contributed by atoms with van der Waals surface area (Å²) in [5.74, 6) is 0.0155. The Hall–Kier alpha value is -2.70. The Kier molecular flexibility index (Phi) is 4.92. The number of aryl methyl sites for hydroxylation is 1. The van der Waals surface area contributed by atoms with Gasteiger partial charge in [0.05, 0.1) is 30.0 Å². The van der Waals surface area contributed by atoms with Crippen molar-refractivity contribution in [2.75, 3.05) is 18.5 Å². The van der Waals surface area contributed by atoms with E-state index >= 15 is 0 Å². The maximum absolute atomic E-state index is 12.6. The molecule has 0 spiro atoms. The number of pyridine rings is 2. The maximum Gasteiger partial charge on any atom is 0.257 e. The summed E-state index contributed by atoms with van der Waals surface area (Å²) >= 11 is 6.25. The average Bonchev–Trinajstić information content (AvgIpc) is 3.16. The molecule has 1 saturated heterocycles. The van der Waals surface area contributed by atoms with Crippen LogP contribution in [0.4, 0.5) is 5.69 Å². The molecule has 7 heteroatoms. The van der Waals surface area contributed by atoms with Crippen molar-refractivity contribution in [1.29, 1.82) is 0 Å². The predicted molar refractivity (Wildman–Crippen MR) is 104 cm³/mol. The summed E-state index contributed by atoms with van der Waals surface area (Å²) in [6.07, 6.45) is 2.20. The number of anilines is 1. The quantitative estimate of drug-likeness (QED) is 0.736. The van der Waals surface area contributed by atoms with Crippen LogP contribution in [0.25, 0.3) is 10.9 Å². The minimum absolute atomic E-state index is 0.0543. The zero-order chi connectivity index (χ0) is 18.8. The molecule has 1 aliphatic heterocycles. The minimum Gasteiger partial charge on any atom is -0.471 e. The van der Waals surface area contributed by atoms with Crippen molar-refractivity contribution < 1.29 is 14.3 Å². The number of nitrogens with zero attached hydrogens (tertiary/aromatic N) is 2. The van der Waals surface area contributed by atoms with E-state index in [4.69, 9.17) is 21.1 Å². The van der Waals surface area contributed by atoms with Crippen LogP contribution in [0.1, 0.15) is 22.5 Å². The number of hydrogen-bond acceptors (Lipinski definition) is 5. The highest BCUT2D eigenvalue weighted by Gasteiger charge is 2.20. The van der Waals surface area contributed by atoms with Gasteiger partial charge >= 0.3 is 0 Å². The van der Waals surface area contributed by atoms with Crippen molar-refractivity contribution >= 4 is 34.1 Å². The van der Waals surface area contributed by atoms with Gasteiger partial charge in [0.1, 0.15) is 11.1 Å². The van der Waals surface area contributed by atoms with Gasteiger partial charge in [-0.3, -0.25) is 9.78 Å². The number of amides is 1. The molecule has 0 bridgehead atoms. The van der Waals surface area contributed by atoms with E-state index in [1.165, 1.54) is 6.20 Å². The van der Waals surface area contributed by atoms with Crippen molar-refractivity contribution in [3.63, 3.8) is 0 Å². The Morgan fingerprint density at radius 1 is 1.33 bits per heavy atom. The van der Waals surface area contributed by atoms with Gasteiger partial charge in [-0.15, -0.1) is 0 Å². The molecule has 0 radical (unpaired) electrons. The largest absolute Gasteiger partial charge is 0.471 e. The van der Waals surface area contributed by atoms with Crippen molar-refractivity contribution in [2.24, 2.45) is 0 Å². The van der Waals surface area contributed by atoms with E-state index in [0.717, 1.165) is 23.0 Å². The number of carbonyl (C=O) groups excluding carboxylic acids is 1. The Morgan fingerprint density at radius 2 is 2.22 bits per heavy atom. The second-order valence-electron chi connectivity index (χ2n) is 6.39. The lowest BCUT2D eigenvalue weighted by Gasteiger charge is -2.13. The van der Waals surface area contributed by atoms with Gasteiger partial charge in [-0.2, -0.15) is 0 Å². The molecule has 1 N–H and O–H groups in total. The van der Waals surface area contributed by atoms with Crippen LogP contribution in [0.5, 0.6) is 5.88 Å². The van der Waals surface area contributed by atoms with Gasteiger partial charge in [0.2, 0.25) is 5.88 Å². The number of aromatic nitrogens is 2. The van der Waals surface area contributed by atoms with Crippen LogP contribution < -0.4 is 10.1 Å². The molecule has 0 saturated carbocycles. The van der Waals surface area contributed by atoms with Gasteiger partial charge in [0.25, 0.3) is 5.91 Å². The van der Waals surface area contributed by atoms with Crippen molar-refractivity contribution in [1.82, 2.24) is 9.97 Å². The van der Waals surface area contributed by atoms with Crippen LogP contribution >= 0.6 is 11.6 Å². The minimum atomic E-state index is -0.298. The normalized spacial score (nSPS) is 16.4. The zero-order valence-electron chi connectivity index (χ0n) is 14.7. The smallest absolute Gasteiger partial charge is 0.257 e. The molecule has 1 amide bonds. The highest BCUT2D eigenvalue weighted by atomic mass is 35.5. The van der Waals surface area contributed by atoms with Crippen molar-refractivity contribution in [3.05, 3.63) is 58.9 Å². The second-order valence-corrected chi connectivity index (χ2v) is 6.80. The van der Waals surface area contributed by atoms with Gasteiger partial charge in [-0.1, -0.05) is 17.7 Å². The monoisotopic (exact) mass is 383 g/mol. The third-order valence-electron chi connectivity index (χ3n) is 4.36. The van der Waals surface area contributed by atoms with Gasteiger partial charge in [0, 0.05) is 23.7 Å². The molecule has 3 heterocycles. The first-order valence-corrected chi connectivity index (χ1v) is 9.05. The fourth-order valence-corrected chi connectivity index (χ4v) is 3.17. The molecule has 27 heavy (non-hydrogen) atoms. The van der Waals surface area contributed by atoms with E-state index in [1.807, 2.05) is 37.3 Å². The van der Waals surface area contributed by atoms with E-state index in [1.54, 1.807) is 6.07 Å². The topological polar surface area (TPSA) is 73.3 Å². The first kappa shape index (κ1) is 17.7. The third-order valence-corrected chi connectivity index (χ3v) is 4.63. The van der Waals surface area contributed by atoms with Crippen LogP contribution in [0.2, 0.25) is 5.02 Å². The Balaban J connectivity index is 1.54. The molecule has 2 aromatic heterocycles. The van der Waals surface area contributed by atoms with Crippen LogP contribution in [0.15, 0.2) is 42.6 Å². The molecule has 6 nitrogen and oxygen atoms in total. The van der Waals surface area contributed by atoms with Crippen LogP contribution in [0, 0.1) is 6.92 Å². The molecule has 1 fully saturated rings. The van der Waals surface area contributed by atoms with E-state index in [9.17, 15) is 4.79 Å². The lowest BCUT2D eigenvalue weighted by Crippen LogP contribution is -2.17. The van der Waals surface area contributed by atoms with Crippen molar-refractivity contribution in [3.8, 4) is 5.88 Å². The average molecular weight is 384 g/mol. The number of nitrogens with one attached hydrogen (secondary N) is 1. The Bertz CT molecular complexity index is 1000. The number of hydrogen-bond donors (Lipinski definition) is 1. The molecule has 138 valence electrons. The fourth-order valence-electron chi connectivity index (χ4n) is 2.96. The number of benzene rings is 1. The van der Waals surface area contributed by atoms with E-state index in [2.05, 4.69) is 15.3 Å². The molecule has 0 aliphatic carbocycles. The van der Waals surface area contributed by atoms with E-state index < -0.39 is 0 Å². The molecular weight excluding hydrogens is 366 g/mol. The van der Waals surface area contributed by atoms with Crippen molar-refractivity contribution in [2.45, 2.75) is 19.4 Å². The summed E-state index contributed by atoms with van der Waals surface area (Å²) in [5, 5.41) is 4.07. The summed E-state index contributed by atoms with van der Waals surface area (Å²) in [6, 6.07) is 11.0. The molecule has 1 atom stereocenters. The van der Waals surface area contributed by atoms with Crippen LogP contribution in [0.3, 0.4) is 0 Å². The number of fused-ring (bicyclic) bond motifs is 1.